The van der Waals surface area contributed by atoms with E-state index in [1.54, 1.807) is 0 Å². The van der Waals surface area contributed by atoms with Gasteiger partial charge in [-0.3, -0.25) is 9.59 Å². The summed E-state index contributed by atoms with van der Waals surface area (Å²) in [4.78, 5) is 27.7. The van der Waals surface area contributed by atoms with Gasteiger partial charge in [-0.25, -0.2) is 0 Å². The molecule has 0 bridgehead atoms. The van der Waals surface area contributed by atoms with Gasteiger partial charge in [0.15, 0.2) is 0 Å². The second-order valence-electron chi connectivity index (χ2n) is 7.80. The number of nitrogens with one attached hydrogen (secondary N) is 1. The van der Waals surface area contributed by atoms with Crippen molar-refractivity contribution in [2.75, 3.05) is 6.54 Å². The molecule has 1 N–H and O–H groups in total. The van der Waals surface area contributed by atoms with E-state index in [-0.39, 0.29) is 23.3 Å². The van der Waals surface area contributed by atoms with Gasteiger partial charge in [-0.15, -0.1) is 0 Å². The number of amides is 2. The van der Waals surface area contributed by atoms with Gasteiger partial charge in [-0.05, 0) is 37.0 Å². The molecule has 1 saturated heterocycles. The lowest BCUT2D eigenvalue weighted by Gasteiger charge is -2.51. The van der Waals surface area contributed by atoms with E-state index in [0.29, 0.717) is 18.8 Å². The average molecular weight is 294 g/mol. The summed E-state index contributed by atoms with van der Waals surface area (Å²) in [5.74, 6) is 0.722. The number of nitrogens with zero attached hydrogens (tertiary/aromatic N) is 1. The van der Waals surface area contributed by atoms with Crippen molar-refractivity contribution in [2.45, 2.75) is 78.3 Å². The first-order valence-electron chi connectivity index (χ1n) is 8.38. The minimum Gasteiger partial charge on any atom is -0.340 e. The van der Waals surface area contributed by atoms with Gasteiger partial charge in [0.25, 0.3) is 0 Å². The Balaban J connectivity index is 2.33. The van der Waals surface area contributed by atoms with Crippen LogP contribution >= 0.6 is 0 Å². The lowest BCUT2D eigenvalue weighted by atomic mass is 9.77. The van der Waals surface area contributed by atoms with Gasteiger partial charge in [0, 0.05) is 6.54 Å². The zero-order valence-electron chi connectivity index (χ0n) is 14.2. The second kappa shape index (κ2) is 5.62. The van der Waals surface area contributed by atoms with Crippen LogP contribution in [0.5, 0.6) is 0 Å². The molecular formula is C17H30N2O2. The van der Waals surface area contributed by atoms with E-state index in [1.807, 2.05) is 39.5 Å². The highest BCUT2D eigenvalue weighted by Gasteiger charge is 2.52. The van der Waals surface area contributed by atoms with E-state index in [9.17, 15) is 9.59 Å². The monoisotopic (exact) mass is 294 g/mol. The third-order valence-electron chi connectivity index (χ3n) is 5.30. The summed E-state index contributed by atoms with van der Waals surface area (Å²) >= 11 is 0. The zero-order chi connectivity index (χ0) is 15.8. The molecule has 0 aromatic rings. The predicted octanol–water partition coefficient (Wildman–Crippen LogP) is 2.72. The standard InChI is InChI=1S/C17H30N2O2/c1-6-17(7-2)15(21)19(11-12-9-8-10-12)13(14(20)18-17)16(3,4)5/h12-13H,6-11H2,1-5H3,(H,18,20). The molecule has 1 atom stereocenters. The molecule has 1 aliphatic heterocycles. The second-order valence-corrected chi connectivity index (χ2v) is 7.80. The number of carbonyl (C=O) groups is 2. The number of rotatable bonds is 4. The summed E-state index contributed by atoms with van der Waals surface area (Å²) in [6, 6.07) is -0.350. The van der Waals surface area contributed by atoms with Crippen LogP contribution < -0.4 is 5.32 Å². The van der Waals surface area contributed by atoms with Crippen LogP contribution in [0.25, 0.3) is 0 Å². The Morgan fingerprint density at radius 2 is 1.76 bits per heavy atom. The SMILES string of the molecule is CCC1(CC)NC(=O)C(C(C)(C)C)N(CC2CCC2)C1=O. The Morgan fingerprint density at radius 1 is 1.19 bits per heavy atom. The molecule has 0 aromatic carbocycles. The third-order valence-corrected chi connectivity index (χ3v) is 5.30. The zero-order valence-corrected chi connectivity index (χ0v) is 14.2. The Labute approximate surface area is 128 Å². The van der Waals surface area contributed by atoms with Crippen molar-refractivity contribution in [3.8, 4) is 0 Å². The minimum absolute atomic E-state index is 0.0186. The van der Waals surface area contributed by atoms with Gasteiger partial charge >= 0.3 is 0 Å². The maximum absolute atomic E-state index is 13.1. The first-order chi connectivity index (χ1) is 9.75. The summed E-state index contributed by atoms with van der Waals surface area (Å²) < 4.78 is 0. The van der Waals surface area contributed by atoms with Crippen LogP contribution in [0.3, 0.4) is 0 Å². The van der Waals surface area contributed by atoms with Crippen molar-refractivity contribution < 1.29 is 9.59 Å². The average Bonchev–Trinajstić information content (AvgIpc) is 2.35. The Morgan fingerprint density at radius 3 is 2.14 bits per heavy atom. The fourth-order valence-corrected chi connectivity index (χ4v) is 3.62. The molecule has 1 saturated carbocycles. The number of hydrogen-bond acceptors (Lipinski definition) is 2. The lowest BCUT2D eigenvalue weighted by molar-refractivity contribution is -0.161. The van der Waals surface area contributed by atoms with E-state index in [4.69, 9.17) is 0 Å². The Kier molecular flexibility index (Phi) is 4.36. The highest BCUT2D eigenvalue weighted by Crippen LogP contribution is 2.36. The quantitative estimate of drug-likeness (QED) is 0.866. The normalized spacial score (nSPS) is 26.5. The molecule has 2 rings (SSSR count). The van der Waals surface area contributed by atoms with Crippen molar-refractivity contribution in [1.82, 2.24) is 10.2 Å². The van der Waals surface area contributed by atoms with Crippen molar-refractivity contribution in [1.29, 1.82) is 0 Å². The van der Waals surface area contributed by atoms with Gasteiger partial charge in [0.05, 0.1) is 0 Å². The Hall–Kier alpha value is -1.06. The maximum atomic E-state index is 13.1. The summed E-state index contributed by atoms with van der Waals surface area (Å²) in [7, 11) is 0. The first-order valence-corrected chi connectivity index (χ1v) is 8.38. The van der Waals surface area contributed by atoms with Crippen LogP contribution in [0.15, 0.2) is 0 Å². The molecule has 1 heterocycles. The topological polar surface area (TPSA) is 49.4 Å². The van der Waals surface area contributed by atoms with E-state index in [0.717, 1.165) is 6.54 Å². The molecule has 2 fully saturated rings. The van der Waals surface area contributed by atoms with Crippen LogP contribution in [0.2, 0.25) is 0 Å². The van der Waals surface area contributed by atoms with Crippen molar-refractivity contribution in [3.05, 3.63) is 0 Å². The molecule has 21 heavy (non-hydrogen) atoms. The molecule has 0 radical (unpaired) electrons. The summed E-state index contributed by atoms with van der Waals surface area (Å²) in [5.41, 5.74) is -0.931. The maximum Gasteiger partial charge on any atom is 0.249 e. The number of hydrogen-bond donors (Lipinski definition) is 1. The van der Waals surface area contributed by atoms with E-state index in [2.05, 4.69) is 5.32 Å². The van der Waals surface area contributed by atoms with Crippen molar-refractivity contribution in [2.24, 2.45) is 11.3 Å². The summed E-state index contributed by atoms with van der Waals surface area (Å²) in [6.45, 7) is 10.9. The molecule has 1 unspecified atom stereocenters. The van der Waals surface area contributed by atoms with Crippen LogP contribution in [-0.2, 0) is 9.59 Å². The van der Waals surface area contributed by atoms with Crippen molar-refractivity contribution >= 4 is 11.8 Å². The first kappa shape index (κ1) is 16.3. The van der Waals surface area contributed by atoms with E-state index >= 15 is 0 Å². The molecule has 120 valence electrons. The summed E-state index contributed by atoms with van der Waals surface area (Å²) in [5, 5.41) is 3.04. The van der Waals surface area contributed by atoms with Gasteiger partial charge in [0.2, 0.25) is 11.8 Å². The largest absolute Gasteiger partial charge is 0.340 e. The number of carbonyl (C=O) groups excluding carboxylic acids is 2. The van der Waals surface area contributed by atoms with Crippen LogP contribution in [0.1, 0.15) is 66.7 Å². The van der Waals surface area contributed by atoms with Crippen LogP contribution in [0.4, 0.5) is 0 Å². The molecular weight excluding hydrogens is 264 g/mol. The molecule has 4 heteroatoms. The molecule has 1 aliphatic carbocycles. The highest BCUT2D eigenvalue weighted by atomic mass is 16.2. The highest BCUT2D eigenvalue weighted by molar-refractivity contribution is 6.00. The van der Waals surface area contributed by atoms with E-state index in [1.165, 1.54) is 19.3 Å². The molecule has 2 amide bonds. The van der Waals surface area contributed by atoms with Gasteiger partial charge in [0.1, 0.15) is 11.6 Å². The summed E-state index contributed by atoms with van der Waals surface area (Å²) in [6.07, 6.45) is 4.95. The minimum atomic E-state index is -0.692. The van der Waals surface area contributed by atoms with Gasteiger partial charge in [-0.2, -0.15) is 0 Å². The van der Waals surface area contributed by atoms with Crippen LogP contribution in [0, 0.1) is 11.3 Å². The lowest BCUT2D eigenvalue weighted by Crippen LogP contribution is -2.72. The van der Waals surface area contributed by atoms with Gasteiger partial charge < -0.3 is 10.2 Å². The predicted molar refractivity (Wildman–Crippen MR) is 83.8 cm³/mol. The molecule has 4 nitrogen and oxygen atoms in total. The molecule has 2 aliphatic rings. The smallest absolute Gasteiger partial charge is 0.249 e. The fourth-order valence-electron chi connectivity index (χ4n) is 3.62. The fraction of sp³-hybridized carbons (Fsp3) is 0.882. The van der Waals surface area contributed by atoms with Crippen LogP contribution in [-0.4, -0.2) is 34.8 Å². The van der Waals surface area contributed by atoms with Crippen molar-refractivity contribution in [3.63, 3.8) is 0 Å². The number of piperazine rings is 1. The Bertz CT molecular complexity index is 417. The van der Waals surface area contributed by atoms with E-state index < -0.39 is 5.54 Å². The third kappa shape index (κ3) is 2.82. The molecule has 0 spiro atoms. The molecule has 0 aromatic heterocycles. The van der Waals surface area contributed by atoms with Gasteiger partial charge in [-0.1, -0.05) is 41.0 Å².